The number of rotatable bonds is 4. The van der Waals surface area contributed by atoms with Gasteiger partial charge in [0, 0.05) is 6.08 Å². The first kappa shape index (κ1) is 18.9. The second-order valence-corrected chi connectivity index (χ2v) is 6.41. The topological polar surface area (TPSA) is 75.7 Å². The highest BCUT2D eigenvalue weighted by atomic mass is 35.5. The second kappa shape index (κ2) is 8.24. The Morgan fingerprint density at radius 2 is 1.93 bits per heavy atom. The van der Waals surface area contributed by atoms with Crippen molar-refractivity contribution in [2.75, 3.05) is 23.4 Å². The summed E-state index contributed by atoms with van der Waals surface area (Å²) < 4.78 is 4.97. The SMILES string of the molecule is O=C1CN(C(=O)COC(=O)/C=C/c2cccc(Cl)c2Cl)c2ccccc2N1. The molecule has 3 rings (SSSR count). The first-order valence-electron chi connectivity index (χ1n) is 7.94. The van der Waals surface area contributed by atoms with Crippen LogP contribution in [0, 0.1) is 0 Å². The van der Waals surface area contributed by atoms with Gasteiger partial charge in [-0.1, -0.05) is 47.5 Å². The molecule has 0 radical (unpaired) electrons. The zero-order chi connectivity index (χ0) is 19.4. The van der Waals surface area contributed by atoms with Crippen molar-refractivity contribution in [2.24, 2.45) is 0 Å². The number of para-hydroxylation sites is 2. The molecule has 1 aliphatic rings. The molecule has 0 spiro atoms. The molecule has 6 nitrogen and oxygen atoms in total. The maximum atomic E-state index is 12.4. The van der Waals surface area contributed by atoms with Crippen molar-refractivity contribution in [3.63, 3.8) is 0 Å². The molecule has 0 aliphatic carbocycles. The average molecular weight is 405 g/mol. The smallest absolute Gasteiger partial charge is 0.331 e. The van der Waals surface area contributed by atoms with E-state index in [4.69, 9.17) is 27.9 Å². The standard InChI is InChI=1S/C19H14Cl2N2O4/c20-13-5-3-4-12(19(13)21)8-9-18(26)27-11-17(25)23-10-16(24)22-14-6-1-2-7-15(14)23/h1-9H,10-11H2,(H,22,24)/b9-8+. The van der Waals surface area contributed by atoms with Gasteiger partial charge in [-0.2, -0.15) is 0 Å². The van der Waals surface area contributed by atoms with Gasteiger partial charge in [0.05, 0.1) is 21.4 Å². The average Bonchev–Trinajstić information content (AvgIpc) is 2.66. The van der Waals surface area contributed by atoms with Crippen molar-refractivity contribution in [1.82, 2.24) is 0 Å². The molecule has 1 heterocycles. The molecule has 8 heteroatoms. The number of esters is 1. The minimum atomic E-state index is -0.714. The fraction of sp³-hybridized carbons (Fsp3) is 0.105. The highest BCUT2D eigenvalue weighted by Gasteiger charge is 2.26. The Labute approximate surface area is 165 Å². The Kier molecular flexibility index (Phi) is 5.78. The molecular weight excluding hydrogens is 391 g/mol. The van der Waals surface area contributed by atoms with E-state index in [9.17, 15) is 14.4 Å². The predicted octanol–water partition coefficient (Wildman–Crippen LogP) is 3.54. The number of anilines is 2. The second-order valence-electron chi connectivity index (χ2n) is 5.63. The van der Waals surface area contributed by atoms with Gasteiger partial charge in [0.2, 0.25) is 5.91 Å². The van der Waals surface area contributed by atoms with Crippen LogP contribution in [0.5, 0.6) is 0 Å². The predicted molar refractivity (Wildman–Crippen MR) is 104 cm³/mol. The molecule has 138 valence electrons. The van der Waals surface area contributed by atoms with E-state index in [0.717, 1.165) is 6.08 Å². The highest BCUT2D eigenvalue weighted by Crippen LogP contribution is 2.29. The van der Waals surface area contributed by atoms with E-state index in [1.807, 2.05) is 0 Å². The summed E-state index contributed by atoms with van der Waals surface area (Å²) in [5.74, 6) is -1.53. The maximum absolute atomic E-state index is 12.4. The zero-order valence-electron chi connectivity index (χ0n) is 13.9. The minimum absolute atomic E-state index is 0.138. The van der Waals surface area contributed by atoms with Crippen molar-refractivity contribution in [3.8, 4) is 0 Å². The number of amides is 2. The van der Waals surface area contributed by atoms with Crippen molar-refractivity contribution >= 4 is 58.4 Å². The molecule has 0 unspecified atom stereocenters. The summed E-state index contributed by atoms with van der Waals surface area (Å²) in [4.78, 5) is 37.3. The van der Waals surface area contributed by atoms with E-state index >= 15 is 0 Å². The Bertz CT molecular complexity index is 943. The third kappa shape index (κ3) is 4.48. The van der Waals surface area contributed by atoms with Crippen LogP contribution in [0.4, 0.5) is 11.4 Å². The molecule has 0 saturated heterocycles. The van der Waals surface area contributed by atoms with Gasteiger partial charge < -0.3 is 10.1 Å². The van der Waals surface area contributed by atoms with Crippen LogP contribution in [0.3, 0.4) is 0 Å². The highest BCUT2D eigenvalue weighted by molar-refractivity contribution is 6.42. The molecule has 0 bridgehead atoms. The first-order valence-corrected chi connectivity index (χ1v) is 8.69. The Balaban J connectivity index is 1.62. The maximum Gasteiger partial charge on any atom is 0.331 e. The van der Waals surface area contributed by atoms with Gasteiger partial charge in [-0.3, -0.25) is 14.5 Å². The number of hydrogen-bond acceptors (Lipinski definition) is 4. The molecule has 27 heavy (non-hydrogen) atoms. The Morgan fingerprint density at radius 1 is 1.15 bits per heavy atom. The molecule has 0 saturated carbocycles. The zero-order valence-corrected chi connectivity index (χ0v) is 15.5. The van der Waals surface area contributed by atoms with Crippen molar-refractivity contribution in [3.05, 3.63) is 64.1 Å². The van der Waals surface area contributed by atoms with E-state index < -0.39 is 18.5 Å². The summed E-state index contributed by atoms with van der Waals surface area (Å²) in [6.07, 6.45) is 2.60. The van der Waals surface area contributed by atoms with Crippen molar-refractivity contribution < 1.29 is 19.1 Å². The van der Waals surface area contributed by atoms with Crippen LogP contribution < -0.4 is 10.2 Å². The molecule has 0 atom stereocenters. The van der Waals surface area contributed by atoms with E-state index in [-0.39, 0.29) is 12.5 Å². The number of ether oxygens (including phenoxy) is 1. The van der Waals surface area contributed by atoms with E-state index in [1.165, 1.54) is 11.0 Å². The molecule has 2 amide bonds. The molecule has 2 aromatic carbocycles. The number of halogens is 2. The van der Waals surface area contributed by atoms with Crippen LogP contribution >= 0.6 is 23.2 Å². The fourth-order valence-corrected chi connectivity index (χ4v) is 2.89. The van der Waals surface area contributed by atoms with Crippen LogP contribution in [0.2, 0.25) is 10.0 Å². The van der Waals surface area contributed by atoms with Gasteiger partial charge in [-0.25, -0.2) is 4.79 Å². The number of carbonyl (C=O) groups excluding carboxylic acids is 3. The summed E-state index contributed by atoms with van der Waals surface area (Å²) in [7, 11) is 0. The van der Waals surface area contributed by atoms with Crippen molar-refractivity contribution in [1.29, 1.82) is 0 Å². The van der Waals surface area contributed by atoms with Gasteiger partial charge >= 0.3 is 5.97 Å². The van der Waals surface area contributed by atoms with Gasteiger partial charge in [-0.15, -0.1) is 0 Å². The van der Waals surface area contributed by atoms with Crippen LogP contribution in [-0.4, -0.2) is 30.9 Å². The molecule has 2 aromatic rings. The summed E-state index contributed by atoms with van der Waals surface area (Å²) >= 11 is 11.9. The first-order chi connectivity index (χ1) is 13.0. The lowest BCUT2D eigenvalue weighted by atomic mass is 10.2. The van der Waals surface area contributed by atoms with Gasteiger partial charge in [0.15, 0.2) is 6.61 Å². The Morgan fingerprint density at radius 3 is 2.74 bits per heavy atom. The Hall–Kier alpha value is -2.83. The monoisotopic (exact) mass is 404 g/mol. The van der Waals surface area contributed by atoms with Gasteiger partial charge in [0.1, 0.15) is 6.54 Å². The van der Waals surface area contributed by atoms with Crippen LogP contribution in [0.15, 0.2) is 48.5 Å². The lowest BCUT2D eigenvalue weighted by Gasteiger charge is -2.28. The van der Waals surface area contributed by atoms with Gasteiger partial charge in [0.25, 0.3) is 5.91 Å². The summed E-state index contributed by atoms with van der Waals surface area (Å²) in [5.41, 5.74) is 1.64. The number of fused-ring (bicyclic) bond motifs is 1. The van der Waals surface area contributed by atoms with Crippen LogP contribution in [0.1, 0.15) is 5.56 Å². The van der Waals surface area contributed by atoms with Crippen LogP contribution in [0.25, 0.3) is 6.08 Å². The minimum Gasteiger partial charge on any atom is -0.452 e. The fourth-order valence-electron chi connectivity index (χ4n) is 2.52. The number of nitrogens with one attached hydrogen (secondary N) is 1. The molecule has 0 aromatic heterocycles. The molecule has 0 fully saturated rings. The largest absolute Gasteiger partial charge is 0.452 e. The number of carbonyl (C=O) groups is 3. The number of nitrogens with zero attached hydrogens (tertiary/aromatic N) is 1. The third-order valence-electron chi connectivity index (χ3n) is 3.79. The molecular formula is C19H14Cl2N2O4. The summed E-state index contributed by atoms with van der Waals surface area (Å²) in [5, 5.41) is 3.36. The molecule has 1 aliphatic heterocycles. The lowest BCUT2D eigenvalue weighted by molar-refractivity contribution is -0.143. The van der Waals surface area contributed by atoms with Crippen LogP contribution in [-0.2, 0) is 19.1 Å². The number of hydrogen-bond donors (Lipinski definition) is 1. The van der Waals surface area contributed by atoms with Gasteiger partial charge in [-0.05, 0) is 29.8 Å². The quantitative estimate of drug-likeness (QED) is 0.624. The van der Waals surface area contributed by atoms with E-state index in [2.05, 4.69) is 5.32 Å². The number of benzene rings is 2. The van der Waals surface area contributed by atoms with E-state index in [0.29, 0.717) is 27.0 Å². The third-order valence-corrected chi connectivity index (χ3v) is 4.62. The molecule has 1 N–H and O–H groups in total. The van der Waals surface area contributed by atoms with E-state index in [1.54, 1.807) is 42.5 Å². The van der Waals surface area contributed by atoms with Crippen molar-refractivity contribution in [2.45, 2.75) is 0 Å². The summed E-state index contributed by atoms with van der Waals surface area (Å²) in [6, 6.07) is 11.9. The summed E-state index contributed by atoms with van der Waals surface area (Å²) in [6.45, 7) is -0.630. The lowest BCUT2D eigenvalue weighted by Crippen LogP contribution is -2.43. The normalized spacial score (nSPS) is 13.3.